The lowest BCUT2D eigenvalue weighted by molar-refractivity contribution is -0.0619. The molecule has 1 amide bonds. The van der Waals surface area contributed by atoms with E-state index in [1.165, 1.54) is 18.3 Å². The summed E-state index contributed by atoms with van der Waals surface area (Å²) < 4.78 is 25.3. The molecule has 1 N–H and O–H groups in total. The number of benzene rings is 1. The zero-order valence-corrected chi connectivity index (χ0v) is 14.1. The van der Waals surface area contributed by atoms with Crippen molar-refractivity contribution in [1.29, 1.82) is 0 Å². The van der Waals surface area contributed by atoms with Gasteiger partial charge in [-0.05, 0) is 24.6 Å². The first-order chi connectivity index (χ1) is 12.5. The molecule has 1 aliphatic heterocycles. The Morgan fingerprint density at radius 3 is 2.96 bits per heavy atom. The molecular weight excluding hydrogens is 339 g/mol. The van der Waals surface area contributed by atoms with E-state index < -0.39 is 0 Å². The number of rotatable bonds is 5. The highest BCUT2D eigenvalue weighted by atomic mass is 19.1. The molecule has 1 fully saturated rings. The number of hydrogen-bond donors (Lipinski definition) is 1. The Hall–Kier alpha value is -3.00. The molecule has 1 saturated heterocycles. The Balaban J connectivity index is 1.41. The summed E-state index contributed by atoms with van der Waals surface area (Å²) in [6.45, 7) is 3.50. The monoisotopic (exact) mass is 356 g/mol. The number of nitrogens with zero attached hydrogens (tertiary/aromatic N) is 3. The minimum absolute atomic E-state index is 0.200. The van der Waals surface area contributed by atoms with E-state index in [0.29, 0.717) is 31.2 Å². The molecular formula is C18H17FN4O3. The van der Waals surface area contributed by atoms with Gasteiger partial charge in [0.05, 0.1) is 37.1 Å². The van der Waals surface area contributed by atoms with Crippen molar-refractivity contribution in [3.63, 3.8) is 0 Å². The van der Waals surface area contributed by atoms with Gasteiger partial charge < -0.3 is 14.6 Å². The molecule has 0 bridgehead atoms. The summed E-state index contributed by atoms with van der Waals surface area (Å²) in [7, 11) is 0. The maximum Gasteiger partial charge on any atom is 0.277 e. The number of anilines is 1. The predicted molar refractivity (Wildman–Crippen MR) is 90.4 cm³/mol. The van der Waals surface area contributed by atoms with Gasteiger partial charge in [-0.1, -0.05) is 17.3 Å². The second-order valence-electron chi connectivity index (χ2n) is 6.64. The fourth-order valence-electron chi connectivity index (χ4n) is 2.75. The van der Waals surface area contributed by atoms with Gasteiger partial charge in [0.2, 0.25) is 0 Å². The van der Waals surface area contributed by atoms with Gasteiger partial charge in [-0.3, -0.25) is 9.48 Å². The van der Waals surface area contributed by atoms with Crippen LogP contribution in [0, 0.1) is 5.82 Å². The molecule has 0 spiro atoms. The van der Waals surface area contributed by atoms with Crippen LogP contribution in [0.2, 0.25) is 0 Å². The quantitative estimate of drug-likeness (QED) is 0.760. The molecule has 134 valence electrons. The largest absolute Gasteiger partial charge is 0.379 e. The van der Waals surface area contributed by atoms with Gasteiger partial charge in [0.15, 0.2) is 5.69 Å². The topological polar surface area (TPSA) is 82.2 Å². The van der Waals surface area contributed by atoms with E-state index in [9.17, 15) is 9.18 Å². The minimum Gasteiger partial charge on any atom is -0.379 e. The molecule has 0 saturated carbocycles. The summed E-state index contributed by atoms with van der Waals surface area (Å²) in [6, 6.07) is 7.93. The van der Waals surface area contributed by atoms with Crippen LogP contribution in [0.5, 0.6) is 0 Å². The van der Waals surface area contributed by atoms with Gasteiger partial charge >= 0.3 is 0 Å². The third-order valence-corrected chi connectivity index (χ3v) is 4.30. The number of ether oxygens (including phenoxy) is 1. The molecule has 3 aromatic rings. The molecule has 3 heterocycles. The molecule has 1 aliphatic rings. The normalized spacial score (nSPS) is 15.5. The first-order valence-electron chi connectivity index (χ1n) is 8.15. The van der Waals surface area contributed by atoms with E-state index in [-0.39, 0.29) is 22.8 Å². The summed E-state index contributed by atoms with van der Waals surface area (Å²) >= 11 is 0. The first kappa shape index (κ1) is 16.5. The molecule has 26 heavy (non-hydrogen) atoms. The number of carbonyl (C=O) groups excluding carboxylic acids is 1. The fourth-order valence-corrected chi connectivity index (χ4v) is 2.75. The van der Waals surface area contributed by atoms with Crippen LogP contribution < -0.4 is 5.32 Å². The lowest BCUT2D eigenvalue weighted by atomic mass is 9.86. The molecule has 0 radical (unpaired) electrons. The van der Waals surface area contributed by atoms with Crippen molar-refractivity contribution in [3.8, 4) is 0 Å². The molecule has 0 unspecified atom stereocenters. The van der Waals surface area contributed by atoms with Crippen molar-refractivity contribution < 1.29 is 18.4 Å². The van der Waals surface area contributed by atoms with E-state index in [4.69, 9.17) is 9.26 Å². The number of nitrogens with one attached hydrogen (secondary N) is 1. The molecule has 0 atom stereocenters. The van der Waals surface area contributed by atoms with Gasteiger partial charge in [0.1, 0.15) is 11.6 Å². The lowest BCUT2D eigenvalue weighted by Gasteiger charge is -2.35. The number of aromatic nitrogens is 3. The number of halogens is 1. The molecule has 0 aliphatic carbocycles. The van der Waals surface area contributed by atoms with Crippen molar-refractivity contribution in [3.05, 3.63) is 65.6 Å². The molecule has 2 aromatic heterocycles. The summed E-state index contributed by atoms with van der Waals surface area (Å²) in [5.41, 5.74) is 1.28. The number of hydrogen-bond acceptors (Lipinski definition) is 5. The maximum atomic E-state index is 13.2. The minimum atomic E-state index is -0.380. The van der Waals surface area contributed by atoms with Gasteiger partial charge in [0.25, 0.3) is 5.91 Å². The van der Waals surface area contributed by atoms with Crippen molar-refractivity contribution in [1.82, 2.24) is 14.9 Å². The van der Waals surface area contributed by atoms with E-state index in [1.807, 2.05) is 13.0 Å². The summed E-state index contributed by atoms with van der Waals surface area (Å²) in [4.78, 5) is 12.3. The Morgan fingerprint density at radius 2 is 2.23 bits per heavy atom. The van der Waals surface area contributed by atoms with E-state index in [2.05, 4.69) is 15.6 Å². The fraction of sp³-hybridized carbons (Fsp3) is 0.278. The standard InChI is InChI=1S/C18H17FN4O3/c1-18(10-25-11-18)16-6-15(22-26-16)17(24)21-14-7-20-23(9-14)8-12-3-2-4-13(19)5-12/h2-7,9H,8,10-11H2,1H3,(H,21,24). The molecule has 4 rings (SSSR count). The SMILES string of the molecule is CC1(c2cc(C(=O)Nc3cnn(Cc4cccc(F)c4)c3)no2)COC1. The third kappa shape index (κ3) is 3.23. The van der Waals surface area contributed by atoms with Crippen LogP contribution in [0.25, 0.3) is 0 Å². The van der Waals surface area contributed by atoms with Crippen LogP contribution in [0.4, 0.5) is 10.1 Å². The highest BCUT2D eigenvalue weighted by Crippen LogP contribution is 2.32. The average molecular weight is 356 g/mol. The maximum absolute atomic E-state index is 13.2. The second kappa shape index (κ2) is 6.38. The Bertz CT molecular complexity index is 945. The van der Waals surface area contributed by atoms with Crippen LogP contribution >= 0.6 is 0 Å². The highest BCUT2D eigenvalue weighted by molar-refractivity contribution is 6.02. The van der Waals surface area contributed by atoms with Crippen molar-refractivity contribution in [2.24, 2.45) is 0 Å². The van der Waals surface area contributed by atoms with Gasteiger partial charge in [-0.15, -0.1) is 0 Å². The zero-order chi connectivity index (χ0) is 18.1. The highest BCUT2D eigenvalue weighted by Gasteiger charge is 2.39. The van der Waals surface area contributed by atoms with Crippen LogP contribution in [-0.2, 0) is 16.7 Å². The van der Waals surface area contributed by atoms with E-state index >= 15 is 0 Å². The van der Waals surface area contributed by atoms with E-state index in [1.54, 1.807) is 23.0 Å². The predicted octanol–water partition coefficient (Wildman–Crippen LogP) is 2.60. The number of amides is 1. The van der Waals surface area contributed by atoms with E-state index in [0.717, 1.165) is 5.56 Å². The van der Waals surface area contributed by atoms with Crippen molar-refractivity contribution in [2.75, 3.05) is 18.5 Å². The zero-order valence-electron chi connectivity index (χ0n) is 14.1. The molecule has 8 heteroatoms. The van der Waals surface area contributed by atoms with Crippen molar-refractivity contribution >= 4 is 11.6 Å². The number of carbonyl (C=O) groups is 1. The van der Waals surface area contributed by atoms with Crippen LogP contribution in [0.3, 0.4) is 0 Å². The Labute approximate surface area is 148 Å². The third-order valence-electron chi connectivity index (χ3n) is 4.30. The molecule has 1 aromatic carbocycles. The Morgan fingerprint density at radius 1 is 1.38 bits per heavy atom. The van der Waals surface area contributed by atoms with Crippen LogP contribution in [-0.4, -0.2) is 34.1 Å². The Kier molecular flexibility index (Phi) is 4.04. The van der Waals surface area contributed by atoms with Gasteiger partial charge in [0, 0.05) is 12.3 Å². The van der Waals surface area contributed by atoms with Crippen LogP contribution in [0.1, 0.15) is 28.7 Å². The first-order valence-corrected chi connectivity index (χ1v) is 8.15. The average Bonchev–Trinajstić information content (AvgIpc) is 3.22. The summed E-state index contributed by atoms with van der Waals surface area (Å²) in [5, 5.41) is 10.7. The lowest BCUT2D eigenvalue weighted by Crippen LogP contribution is -2.43. The molecule has 7 nitrogen and oxygen atoms in total. The second-order valence-corrected chi connectivity index (χ2v) is 6.64. The summed E-state index contributed by atoms with van der Waals surface area (Å²) in [5.74, 6) is -0.0413. The van der Waals surface area contributed by atoms with Crippen molar-refractivity contribution in [2.45, 2.75) is 18.9 Å². The smallest absolute Gasteiger partial charge is 0.277 e. The van der Waals surface area contributed by atoms with Gasteiger partial charge in [-0.25, -0.2) is 4.39 Å². The van der Waals surface area contributed by atoms with Gasteiger partial charge in [-0.2, -0.15) is 5.10 Å². The summed E-state index contributed by atoms with van der Waals surface area (Å²) in [6.07, 6.45) is 3.20. The van der Waals surface area contributed by atoms with Crippen LogP contribution in [0.15, 0.2) is 47.2 Å².